The molecule has 1 aromatic carbocycles. The van der Waals surface area contributed by atoms with E-state index in [9.17, 15) is 18.0 Å². The molecule has 1 atom stereocenters. The van der Waals surface area contributed by atoms with Crippen LogP contribution in [0.25, 0.3) is 10.9 Å². The fraction of sp³-hybridized carbons (Fsp3) is 0.444. The molecule has 0 aliphatic carbocycles. The maximum absolute atomic E-state index is 12.6. The monoisotopic (exact) mass is 426 g/mol. The third kappa shape index (κ3) is 4.83. The Kier molecular flexibility index (Phi) is 6.04. The van der Waals surface area contributed by atoms with E-state index in [4.69, 9.17) is 15.2 Å². The number of alkyl halides is 3. The molecule has 0 radical (unpaired) electrons. The third-order valence-electron chi connectivity index (χ3n) is 5.03. The fourth-order valence-corrected chi connectivity index (χ4v) is 4.29. The summed E-state index contributed by atoms with van der Waals surface area (Å²) in [6.07, 6.45) is -2.72. The lowest BCUT2D eigenvalue weighted by Crippen LogP contribution is -2.57. The molecule has 29 heavy (non-hydrogen) atoms. The zero-order valence-electron chi connectivity index (χ0n) is 15.1. The van der Waals surface area contributed by atoms with Crippen LogP contribution in [0.1, 0.15) is 28.1 Å². The van der Waals surface area contributed by atoms with E-state index < -0.39 is 12.1 Å². The minimum absolute atomic E-state index is 0.0315. The highest BCUT2D eigenvalue weighted by atomic mass is 32.1. The second kappa shape index (κ2) is 8.34. The highest BCUT2D eigenvalue weighted by Crippen LogP contribution is 2.29. The molecule has 3 saturated heterocycles. The summed E-state index contributed by atoms with van der Waals surface area (Å²) in [6.45, 7) is 3.29. The minimum Gasteiger partial charge on any atom is -0.475 e. The van der Waals surface area contributed by atoms with Gasteiger partial charge in [-0.25, -0.2) is 4.79 Å². The molecular weight excluding hydrogens is 409 g/mol. The molecule has 0 spiro atoms. The van der Waals surface area contributed by atoms with Gasteiger partial charge in [0.05, 0.1) is 17.1 Å². The van der Waals surface area contributed by atoms with Crippen molar-refractivity contribution in [3.8, 4) is 6.07 Å². The van der Waals surface area contributed by atoms with Crippen LogP contribution in [0.2, 0.25) is 0 Å². The van der Waals surface area contributed by atoms with E-state index in [0.717, 1.165) is 30.5 Å². The number of amides is 1. The van der Waals surface area contributed by atoms with Gasteiger partial charge in [-0.2, -0.15) is 22.8 Å². The fourth-order valence-electron chi connectivity index (χ4n) is 3.54. The van der Waals surface area contributed by atoms with Crippen molar-refractivity contribution in [1.82, 2.24) is 14.6 Å². The Labute approximate surface area is 167 Å². The lowest BCUT2D eigenvalue weighted by Gasteiger charge is -2.44. The summed E-state index contributed by atoms with van der Waals surface area (Å²) in [6, 6.07) is 7.65. The molecule has 2 bridgehead atoms. The van der Waals surface area contributed by atoms with Crippen LogP contribution in [-0.4, -0.2) is 58.1 Å². The van der Waals surface area contributed by atoms with Crippen molar-refractivity contribution >= 4 is 34.3 Å². The number of carboxylic acid groups (broad SMARTS) is 1. The Morgan fingerprint density at radius 1 is 1.31 bits per heavy atom. The molecule has 0 unspecified atom stereocenters. The number of nitrogens with one attached hydrogen (secondary N) is 1. The van der Waals surface area contributed by atoms with E-state index in [1.807, 2.05) is 6.07 Å². The molecule has 5 rings (SSSR count). The molecule has 2 aromatic rings. The Morgan fingerprint density at radius 3 is 2.48 bits per heavy atom. The van der Waals surface area contributed by atoms with E-state index in [1.54, 1.807) is 12.1 Å². The van der Waals surface area contributed by atoms with Crippen LogP contribution in [-0.2, 0) is 4.79 Å². The molecule has 3 aliphatic rings. The molecule has 1 aromatic heterocycles. The number of carboxylic acids is 1. The Bertz CT molecular complexity index is 961. The van der Waals surface area contributed by atoms with Gasteiger partial charge in [0.1, 0.15) is 4.88 Å². The average Bonchev–Trinajstić information content (AvgIpc) is 3.12. The number of carbonyl (C=O) groups is 2. The number of aromatic nitrogens is 1. The van der Waals surface area contributed by atoms with Crippen LogP contribution >= 0.6 is 11.5 Å². The van der Waals surface area contributed by atoms with Crippen molar-refractivity contribution in [3.63, 3.8) is 0 Å². The predicted molar refractivity (Wildman–Crippen MR) is 98.4 cm³/mol. The second-order valence-electron chi connectivity index (χ2n) is 6.88. The SMILES string of the molecule is N#Cc1ccc2c(C(=O)N[C@H]3CN4CCC3CC4)snc2c1.O=C(O)C(F)(F)F. The summed E-state index contributed by atoms with van der Waals surface area (Å²) in [5.41, 5.74) is 1.30. The first-order valence-electron chi connectivity index (χ1n) is 8.82. The highest BCUT2D eigenvalue weighted by Gasteiger charge is 2.38. The summed E-state index contributed by atoms with van der Waals surface area (Å²) >= 11 is 1.21. The predicted octanol–water partition coefficient (Wildman–Crippen LogP) is 2.63. The van der Waals surface area contributed by atoms with Gasteiger partial charge in [0, 0.05) is 18.0 Å². The Morgan fingerprint density at radius 2 is 1.97 bits per heavy atom. The first-order chi connectivity index (χ1) is 13.7. The number of hydrogen-bond donors (Lipinski definition) is 2. The van der Waals surface area contributed by atoms with Gasteiger partial charge in [0.15, 0.2) is 0 Å². The maximum Gasteiger partial charge on any atom is 0.490 e. The number of carbonyl (C=O) groups excluding carboxylic acids is 1. The van der Waals surface area contributed by atoms with Crippen LogP contribution in [0, 0.1) is 17.2 Å². The van der Waals surface area contributed by atoms with Gasteiger partial charge in [-0.15, -0.1) is 0 Å². The number of nitrogens with zero attached hydrogens (tertiary/aromatic N) is 3. The summed E-state index contributed by atoms with van der Waals surface area (Å²) in [4.78, 5) is 24.6. The number of hydrogen-bond acceptors (Lipinski definition) is 6. The second-order valence-corrected chi connectivity index (χ2v) is 7.65. The van der Waals surface area contributed by atoms with Gasteiger partial charge in [-0.3, -0.25) is 4.79 Å². The first kappa shape index (κ1) is 21.0. The molecular formula is C18H17F3N4O3S. The number of fused-ring (bicyclic) bond motifs is 4. The molecule has 3 aliphatic heterocycles. The number of piperidine rings is 3. The zero-order valence-corrected chi connectivity index (χ0v) is 15.9. The lowest BCUT2D eigenvalue weighted by molar-refractivity contribution is -0.192. The van der Waals surface area contributed by atoms with Gasteiger partial charge >= 0.3 is 12.1 Å². The standard InChI is InChI=1S/C16H16N4OS.C2HF3O2/c17-8-10-1-2-12-13(7-10)19-22-15(12)16(21)18-14-9-20-5-3-11(14)4-6-20;3-2(4,5)1(6)7/h1-2,7,11,14H,3-6,9H2,(H,18,21);(H,6,7)/t14-;/m0./s1. The Balaban J connectivity index is 0.000000298. The normalized spacial score (nSPS) is 23.0. The number of aliphatic carboxylic acids is 1. The highest BCUT2D eigenvalue weighted by molar-refractivity contribution is 7.09. The van der Waals surface area contributed by atoms with Gasteiger partial charge in [-0.05, 0) is 61.6 Å². The number of halogens is 3. The molecule has 1 amide bonds. The van der Waals surface area contributed by atoms with Crippen LogP contribution in [0.5, 0.6) is 0 Å². The van der Waals surface area contributed by atoms with Crippen LogP contribution < -0.4 is 5.32 Å². The molecule has 7 nitrogen and oxygen atoms in total. The maximum atomic E-state index is 12.6. The van der Waals surface area contributed by atoms with Crippen LogP contribution in [0.3, 0.4) is 0 Å². The van der Waals surface area contributed by atoms with E-state index in [2.05, 4.69) is 20.7 Å². The van der Waals surface area contributed by atoms with Crippen molar-refractivity contribution < 1.29 is 27.9 Å². The van der Waals surface area contributed by atoms with E-state index in [1.165, 1.54) is 24.4 Å². The summed E-state index contributed by atoms with van der Waals surface area (Å²) < 4.78 is 36.0. The molecule has 2 N–H and O–H groups in total. The third-order valence-corrected chi connectivity index (χ3v) is 5.90. The lowest BCUT2D eigenvalue weighted by atomic mass is 9.84. The van der Waals surface area contributed by atoms with Crippen molar-refractivity contribution in [2.45, 2.75) is 25.1 Å². The van der Waals surface area contributed by atoms with Crippen molar-refractivity contribution in [1.29, 1.82) is 5.26 Å². The molecule has 154 valence electrons. The average molecular weight is 426 g/mol. The van der Waals surface area contributed by atoms with Crippen molar-refractivity contribution in [2.24, 2.45) is 5.92 Å². The van der Waals surface area contributed by atoms with Crippen LogP contribution in [0.4, 0.5) is 13.2 Å². The van der Waals surface area contributed by atoms with Gasteiger partial charge < -0.3 is 15.3 Å². The minimum atomic E-state index is -5.08. The molecule has 3 fully saturated rings. The Hall–Kier alpha value is -2.71. The number of nitriles is 1. The summed E-state index contributed by atoms with van der Waals surface area (Å²) in [5.74, 6) is -2.18. The van der Waals surface area contributed by atoms with E-state index in [-0.39, 0.29) is 11.9 Å². The molecule has 11 heteroatoms. The van der Waals surface area contributed by atoms with E-state index in [0.29, 0.717) is 16.4 Å². The quantitative estimate of drug-likeness (QED) is 0.765. The van der Waals surface area contributed by atoms with Crippen LogP contribution in [0.15, 0.2) is 18.2 Å². The smallest absolute Gasteiger partial charge is 0.475 e. The topological polar surface area (TPSA) is 106 Å². The molecule has 4 heterocycles. The summed E-state index contributed by atoms with van der Waals surface area (Å²) in [5, 5.41) is 20.1. The van der Waals surface area contributed by atoms with E-state index >= 15 is 0 Å². The zero-order chi connectivity index (χ0) is 21.2. The van der Waals surface area contributed by atoms with Gasteiger partial charge in [-0.1, -0.05) is 0 Å². The van der Waals surface area contributed by atoms with Gasteiger partial charge in [0.25, 0.3) is 5.91 Å². The number of rotatable bonds is 2. The molecule has 0 saturated carbocycles. The van der Waals surface area contributed by atoms with Crippen molar-refractivity contribution in [2.75, 3.05) is 19.6 Å². The first-order valence-corrected chi connectivity index (χ1v) is 9.59. The largest absolute Gasteiger partial charge is 0.490 e. The van der Waals surface area contributed by atoms with Gasteiger partial charge in [0.2, 0.25) is 0 Å². The number of benzene rings is 1. The summed E-state index contributed by atoms with van der Waals surface area (Å²) in [7, 11) is 0. The van der Waals surface area contributed by atoms with Crippen molar-refractivity contribution in [3.05, 3.63) is 28.6 Å².